The summed E-state index contributed by atoms with van der Waals surface area (Å²) in [5, 5.41) is 11.7. The Hall–Kier alpha value is -0.320. The second-order valence-electron chi connectivity index (χ2n) is 3.07. The predicted octanol–water partition coefficient (Wildman–Crippen LogP) is 0.650. The molecule has 13 heavy (non-hydrogen) atoms. The first kappa shape index (κ1) is 12.7. The number of carboxylic acids is 1. The van der Waals surface area contributed by atoms with Crippen LogP contribution in [0.5, 0.6) is 0 Å². The zero-order valence-corrected chi connectivity index (χ0v) is 8.47. The van der Waals surface area contributed by atoms with Gasteiger partial charge in [-0.25, -0.2) is 0 Å². The first-order valence-corrected chi connectivity index (χ1v) is 4.27. The molecule has 1 aliphatic heterocycles. The van der Waals surface area contributed by atoms with Crippen molar-refractivity contribution >= 4 is 18.4 Å². The van der Waals surface area contributed by atoms with Crippen molar-refractivity contribution < 1.29 is 14.6 Å². The third-order valence-electron chi connectivity index (χ3n) is 2.13. The van der Waals surface area contributed by atoms with Crippen LogP contribution in [-0.2, 0) is 9.53 Å². The molecule has 0 aromatic carbocycles. The minimum atomic E-state index is -0.741. The topological polar surface area (TPSA) is 58.6 Å². The van der Waals surface area contributed by atoms with Gasteiger partial charge in [0.25, 0.3) is 0 Å². The first-order valence-electron chi connectivity index (χ1n) is 4.27. The average molecular weight is 210 g/mol. The minimum absolute atomic E-state index is 0. The van der Waals surface area contributed by atoms with Crippen molar-refractivity contribution in [2.75, 3.05) is 13.2 Å². The maximum Gasteiger partial charge on any atom is 0.303 e. The molecule has 0 amide bonds. The maximum absolute atomic E-state index is 10.3. The van der Waals surface area contributed by atoms with Gasteiger partial charge in [-0.3, -0.25) is 4.79 Å². The Labute approximate surface area is 84.1 Å². The lowest BCUT2D eigenvalue weighted by molar-refractivity contribution is -0.137. The fraction of sp³-hybridized carbons (Fsp3) is 0.875. The van der Waals surface area contributed by atoms with Gasteiger partial charge in [0.1, 0.15) is 0 Å². The van der Waals surface area contributed by atoms with Crippen molar-refractivity contribution in [2.45, 2.75) is 31.9 Å². The van der Waals surface area contributed by atoms with Crippen LogP contribution in [0.1, 0.15) is 19.8 Å². The van der Waals surface area contributed by atoms with Gasteiger partial charge in [0, 0.05) is 19.0 Å². The summed E-state index contributed by atoms with van der Waals surface area (Å²) in [4.78, 5) is 10.3. The second kappa shape index (κ2) is 6.18. The lowest BCUT2D eigenvalue weighted by atomic mass is 10.1. The lowest BCUT2D eigenvalue weighted by Gasteiger charge is -2.29. The number of hydrogen-bond donors (Lipinski definition) is 2. The molecule has 0 aliphatic carbocycles. The van der Waals surface area contributed by atoms with Gasteiger partial charge in [-0.05, 0) is 13.3 Å². The zero-order valence-electron chi connectivity index (χ0n) is 7.66. The fourth-order valence-corrected chi connectivity index (χ4v) is 1.39. The molecule has 1 rings (SSSR count). The summed E-state index contributed by atoms with van der Waals surface area (Å²) in [6.07, 6.45) is 1.00. The lowest BCUT2D eigenvalue weighted by Crippen LogP contribution is -2.47. The van der Waals surface area contributed by atoms with E-state index in [2.05, 4.69) is 5.32 Å². The molecule has 0 bridgehead atoms. The second-order valence-corrected chi connectivity index (χ2v) is 3.07. The molecule has 0 spiro atoms. The maximum atomic E-state index is 10.3. The molecule has 4 nitrogen and oxygen atoms in total. The largest absolute Gasteiger partial charge is 0.481 e. The van der Waals surface area contributed by atoms with Gasteiger partial charge in [-0.1, -0.05) is 0 Å². The van der Waals surface area contributed by atoms with E-state index in [1.807, 2.05) is 6.92 Å². The van der Waals surface area contributed by atoms with Gasteiger partial charge in [-0.15, -0.1) is 12.4 Å². The summed E-state index contributed by atoms with van der Waals surface area (Å²) in [7, 11) is 0. The van der Waals surface area contributed by atoms with Crippen LogP contribution in [-0.4, -0.2) is 36.4 Å². The Morgan fingerprint density at radius 1 is 1.69 bits per heavy atom. The van der Waals surface area contributed by atoms with Crippen LogP contribution in [0.25, 0.3) is 0 Å². The highest BCUT2D eigenvalue weighted by molar-refractivity contribution is 5.85. The molecule has 1 fully saturated rings. The molecular formula is C8H16ClNO3. The smallest absolute Gasteiger partial charge is 0.303 e. The van der Waals surface area contributed by atoms with Crippen molar-refractivity contribution in [3.8, 4) is 0 Å². The molecule has 0 aromatic rings. The van der Waals surface area contributed by atoms with Crippen LogP contribution < -0.4 is 5.32 Å². The van der Waals surface area contributed by atoms with E-state index in [1.54, 1.807) is 0 Å². The van der Waals surface area contributed by atoms with Gasteiger partial charge >= 0.3 is 5.97 Å². The van der Waals surface area contributed by atoms with Gasteiger partial charge in [-0.2, -0.15) is 0 Å². The van der Waals surface area contributed by atoms with Crippen LogP contribution in [0, 0.1) is 0 Å². The molecule has 0 aromatic heterocycles. The predicted molar refractivity (Wildman–Crippen MR) is 51.3 cm³/mol. The van der Waals surface area contributed by atoms with E-state index in [-0.39, 0.29) is 31.0 Å². The highest BCUT2D eigenvalue weighted by Crippen LogP contribution is 2.09. The molecular weight excluding hydrogens is 194 g/mol. The number of carbonyl (C=O) groups is 1. The molecule has 2 N–H and O–H groups in total. The number of nitrogens with one attached hydrogen (secondary N) is 1. The highest BCUT2D eigenvalue weighted by Gasteiger charge is 2.21. The van der Waals surface area contributed by atoms with Crippen molar-refractivity contribution in [3.63, 3.8) is 0 Å². The Bertz CT molecular complexity index is 165. The number of carboxylic acid groups (broad SMARTS) is 1. The van der Waals surface area contributed by atoms with Crippen molar-refractivity contribution in [2.24, 2.45) is 0 Å². The van der Waals surface area contributed by atoms with Crippen molar-refractivity contribution in [1.82, 2.24) is 5.32 Å². The van der Waals surface area contributed by atoms with Gasteiger partial charge in [0.15, 0.2) is 0 Å². The van der Waals surface area contributed by atoms with Crippen LogP contribution in [0.4, 0.5) is 0 Å². The normalized spacial score (nSPS) is 27.8. The quantitative estimate of drug-likeness (QED) is 0.717. The molecule has 1 aliphatic rings. The summed E-state index contributed by atoms with van der Waals surface area (Å²) < 4.78 is 5.37. The van der Waals surface area contributed by atoms with Crippen molar-refractivity contribution in [1.29, 1.82) is 0 Å². The number of aliphatic carboxylic acids is 1. The van der Waals surface area contributed by atoms with E-state index in [1.165, 1.54) is 0 Å². The van der Waals surface area contributed by atoms with E-state index < -0.39 is 5.97 Å². The summed E-state index contributed by atoms with van der Waals surface area (Å²) >= 11 is 0. The van der Waals surface area contributed by atoms with Crippen LogP contribution in [0.15, 0.2) is 0 Å². The van der Waals surface area contributed by atoms with E-state index in [9.17, 15) is 4.79 Å². The average Bonchev–Trinajstić information content (AvgIpc) is 2.03. The van der Waals surface area contributed by atoms with E-state index in [0.717, 1.165) is 13.2 Å². The number of halogens is 1. The van der Waals surface area contributed by atoms with E-state index in [4.69, 9.17) is 9.84 Å². The number of ether oxygens (including phenoxy) is 1. The molecule has 0 radical (unpaired) electrons. The number of hydrogen-bond acceptors (Lipinski definition) is 3. The van der Waals surface area contributed by atoms with Crippen LogP contribution in [0.3, 0.4) is 0 Å². The Balaban J connectivity index is 0.00000144. The summed E-state index contributed by atoms with van der Waals surface area (Å²) in [5.74, 6) is -0.741. The summed E-state index contributed by atoms with van der Waals surface area (Å²) in [6.45, 7) is 3.53. The number of rotatable bonds is 3. The zero-order chi connectivity index (χ0) is 8.97. The van der Waals surface area contributed by atoms with Gasteiger partial charge in [0.2, 0.25) is 0 Å². The molecule has 1 saturated heterocycles. The summed E-state index contributed by atoms with van der Waals surface area (Å²) in [5.41, 5.74) is 0. The molecule has 0 saturated carbocycles. The molecule has 2 atom stereocenters. The first-order chi connectivity index (χ1) is 5.70. The molecule has 1 heterocycles. The van der Waals surface area contributed by atoms with Crippen molar-refractivity contribution in [3.05, 3.63) is 0 Å². The Kier molecular flexibility index (Phi) is 6.03. The summed E-state index contributed by atoms with van der Waals surface area (Å²) in [6, 6.07) is 0.204. The SMILES string of the molecule is C[C@@H]1OCCN[C@H]1CCC(=O)O.Cl. The minimum Gasteiger partial charge on any atom is -0.481 e. The van der Waals surface area contributed by atoms with Gasteiger partial charge < -0.3 is 15.2 Å². The van der Waals surface area contributed by atoms with E-state index in [0.29, 0.717) is 6.42 Å². The fourth-order valence-electron chi connectivity index (χ4n) is 1.39. The van der Waals surface area contributed by atoms with Gasteiger partial charge in [0.05, 0.1) is 12.7 Å². The standard InChI is InChI=1S/C8H15NO3.ClH/c1-6-7(2-3-8(10)11)9-4-5-12-6;/h6-7,9H,2-5H2,1H3,(H,10,11);1H/t6-,7-;/m0./s1. The Morgan fingerprint density at radius 2 is 2.38 bits per heavy atom. The molecule has 5 heteroatoms. The highest BCUT2D eigenvalue weighted by atomic mass is 35.5. The van der Waals surface area contributed by atoms with Crippen LogP contribution >= 0.6 is 12.4 Å². The Morgan fingerprint density at radius 3 is 2.92 bits per heavy atom. The third-order valence-corrected chi connectivity index (χ3v) is 2.13. The van der Waals surface area contributed by atoms with Crippen LogP contribution in [0.2, 0.25) is 0 Å². The molecule has 78 valence electrons. The number of morpholine rings is 1. The monoisotopic (exact) mass is 209 g/mol. The van der Waals surface area contributed by atoms with E-state index >= 15 is 0 Å². The molecule has 0 unspecified atom stereocenters. The third kappa shape index (κ3) is 4.45.